The number of rotatable bonds is 4. The average Bonchev–Trinajstić information content (AvgIpc) is 3.32. The molecule has 0 aliphatic carbocycles. The van der Waals surface area contributed by atoms with Crippen LogP contribution in [0.15, 0.2) is 49.1 Å². The number of non-ortho nitro benzene ring substituents is 1. The number of nitro groups is 1. The van der Waals surface area contributed by atoms with Gasteiger partial charge in [-0.05, 0) is 18.6 Å². The summed E-state index contributed by atoms with van der Waals surface area (Å²) in [6, 6.07) is 13.0. The minimum absolute atomic E-state index is 0.182. The Morgan fingerprint density at radius 3 is 2.73 bits per heavy atom. The fraction of sp³-hybridized carbons (Fsp3) is 0.400. The van der Waals surface area contributed by atoms with Crippen molar-refractivity contribution < 1.29 is 4.92 Å². The number of benzene rings is 2. The molecule has 2 aromatic rings. The molecule has 3 unspecified atom stereocenters. The minimum atomic E-state index is -0.290. The fourth-order valence-electron chi connectivity index (χ4n) is 5.22. The van der Waals surface area contributed by atoms with Crippen molar-refractivity contribution in [2.24, 2.45) is 0 Å². The second-order valence-electron chi connectivity index (χ2n) is 7.55. The van der Waals surface area contributed by atoms with Crippen molar-refractivity contribution in [3.63, 3.8) is 0 Å². The van der Waals surface area contributed by atoms with E-state index in [1.165, 1.54) is 6.42 Å². The van der Waals surface area contributed by atoms with Crippen molar-refractivity contribution in [3.05, 3.63) is 59.2 Å². The maximum atomic E-state index is 11.4. The first-order valence-corrected chi connectivity index (χ1v) is 9.19. The van der Waals surface area contributed by atoms with Crippen LogP contribution in [0.3, 0.4) is 0 Å². The number of hydrogen-bond acceptors (Lipinski definition) is 5. The monoisotopic (exact) mass is 350 g/mol. The van der Waals surface area contributed by atoms with Gasteiger partial charge in [0.05, 0.1) is 17.0 Å². The molecule has 6 heteroatoms. The Balaban J connectivity index is 1.49. The van der Waals surface area contributed by atoms with Gasteiger partial charge in [0.2, 0.25) is 0 Å². The number of nitrogens with zero attached hydrogens (tertiary/aromatic N) is 4. The highest BCUT2D eigenvalue weighted by Crippen LogP contribution is 2.42. The zero-order chi connectivity index (χ0) is 17.8. The van der Waals surface area contributed by atoms with Gasteiger partial charge in [0.15, 0.2) is 0 Å². The Morgan fingerprint density at radius 2 is 1.96 bits per heavy atom. The van der Waals surface area contributed by atoms with Gasteiger partial charge in [0.25, 0.3) is 5.69 Å². The molecule has 3 atom stereocenters. The van der Waals surface area contributed by atoms with Crippen LogP contribution in [0.4, 0.5) is 11.4 Å². The van der Waals surface area contributed by atoms with Crippen LogP contribution in [0.5, 0.6) is 0 Å². The lowest BCUT2D eigenvalue weighted by Crippen LogP contribution is -2.51. The quantitative estimate of drug-likeness (QED) is 0.482. The smallest absolute Gasteiger partial charge is 0.277 e. The van der Waals surface area contributed by atoms with Gasteiger partial charge in [-0.1, -0.05) is 24.3 Å². The van der Waals surface area contributed by atoms with E-state index < -0.39 is 0 Å². The van der Waals surface area contributed by atoms with E-state index in [1.54, 1.807) is 6.07 Å². The first kappa shape index (κ1) is 15.8. The van der Waals surface area contributed by atoms with Crippen molar-refractivity contribution in [1.29, 1.82) is 0 Å². The molecule has 0 aromatic heterocycles. The summed E-state index contributed by atoms with van der Waals surface area (Å²) in [5.74, 6) is 0. The van der Waals surface area contributed by atoms with Gasteiger partial charge < -0.3 is 4.90 Å². The van der Waals surface area contributed by atoms with Crippen LogP contribution in [0.25, 0.3) is 10.8 Å². The van der Waals surface area contributed by atoms with Crippen molar-refractivity contribution in [2.75, 3.05) is 31.2 Å². The van der Waals surface area contributed by atoms with Crippen LogP contribution in [-0.4, -0.2) is 59.2 Å². The fourth-order valence-corrected chi connectivity index (χ4v) is 5.22. The lowest BCUT2D eigenvalue weighted by Gasteiger charge is -2.35. The molecule has 0 N–H and O–H groups in total. The molecule has 0 saturated carbocycles. The topological polar surface area (TPSA) is 52.9 Å². The third-order valence-electron chi connectivity index (χ3n) is 6.29. The van der Waals surface area contributed by atoms with Crippen molar-refractivity contribution >= 4 is 22.1 Å². The summed E-state index contributed by atoms with van der Waals surface area (Å²) >= 11 is 0. The van der Waals surface area contributed by atoms with Crippen molar-refractivity contribution in [1.82, 2.24) is 9.80 Å². The molecule has 3 fully saturated rings. The molecule has 5 rings (SSSR count). The predicted octanol–water partition coefficient (Wildman–Crippen LogP) is 2.84. The molecule has 0 amide bonds. The Bertz CT molecular complexity index is 899. The standard InChI is InChI=1S/C20H22N4O2/c1-2-9-21-11-14-10-19(21)20-12-22(13-23(14)20)17-7-8-18(24(25)26)16-6-4-3-5-15(16)17/h2-8,14,19-20H,1,9-13H2. The lowest BCUT2D eigenvalue weighted by atomic mass is 10.1. The van der Waals surface area contributed by atoms with Gasteiger partial charge in [0.1, 0.15) is 0 Å². The van der Waals surface area contributed by atoms with E-state index in [4.69, 9.17) is 0 Å². The minimum Gasteiger partial charge on any atom is -0.356 e. The molecule has 3 saturated heterocycles. The molecule has 2 bridgehead atoms. The zero-order valence-corrected chi connectivity index (χ0v) is 14.6. The average molecular weight is 350 g/mol. The summed E-state index contributed by atoms with van der Waals surface area (Å²) in [6.07, 6.45) is 3.26. The number of likely N-dealkylation sites (tertiary alicyclic amines) is 1. The summed E-state index contributed by atoms with van der Waals surface area (Å²) < 4.78 is 0. The molecule has 2 aromatic carbocycles. The van der Waals surface area contributed by atoms with Gasteiger partial charge >= 0.3 is 0 Å². The number of piperazine rings is 1. The van der Waals surface area contributed by atoms with E-state index in [-0.39, 0.29) is 10.6 Å². The van der Waals surface area contributed by atoms with Crippen LogP contribution >= 0.6 is 0 Å². The lowest BCUT2D eigenvalue weighted by molar-refractivity contribution is -0.383. The Hall–Kier alpha value is -2.44. The molecule has 26 heavy (non-hydrogen) atoms. The van der Waals surface area contributed by atoms with Crippen molar-refractivity contribution in [3.8, 4) is 0 Å². The zero-order valence-electron chi connectivity index (χ0n) is 14.6. The van der Waals surface area contributed by atoms with Gasteiger partial charge in [-0.3, -0.25) is 19.9 Å². The maximum Gasteiger partial charge on any atom is 0.277 e. The van der Waals surface area contributed by atoms with E-state index in [1.807, 2.05) is 36.4 Å². The van der Waals surface area contributed by atoms with E-state index >= 15 is 0 Å². The summed E-state index contributed by atoms with van der Waals surface area (Å²) in [5, 5.41) is 13.1. The molecule has 3 aliphatic heterocycles. The van der Waals surface area contributed by atoms with Crippen LogP contribution < -0.4 is 4.90 Å². The predicted molar refractivity (Wildman–Crippen MR) is 102 cm³/mol. The molecule has 3 heterocycles. The first-order chi connectivity index (χ1) is 12.7. The first-order valence-electron chi connectivity index (χ1n) is 9.19. The molecule has 0 spiro atoms. The van der Waals surface area contributed by atoms with Gasteiger partial charge in [-0.15, -0.1) is 6.58 Å². The summed E-state index contributed by atoms with van der Waals surface area (Å²) in [5.41, 5.74) is 1.29. The Labute approximate surface area is 152 Å². The van der Waals surface area contributed by atoms with Gasteiger partial charge in [-0.25, -0.2) is 0 Å². The Kier molecular flexibility index (Phi) is 3.52. The van der Waals surface area contributed by atoms with Crippen molar-refractivity contribution in [2.45, 2.75) is 24.5 Å². The summed E-state index contributed by atoms with van der Waals surface area (Å²) in [4.78, 5) is 18.7. The molecule has 6 nitrogen and oxygen atoms in total. The number of fused-ring (bicyclic) bond motifs is 6. The Morgan fingerprint density at radius 1 is 1.15 bits per heavy atom. The molecule has 3 aliphatic rings. The highest BCUT2D eigenvalue weighted by atomic mass is 16.6. The SMILES string of the molecule is C=CCN1CC2CC1C1CN(c3ccc([N+](=O)[O-])c4ccccc34)CN21. The third kappa shape index (κ3) is 2.19. The largest absolute Gasteiger partial charge is 0.356 e. The van der Waals surface area contributed by atoms with Crippen LogP contribution in [0.1, 0.15) is 6.42 Å². The third-order valence-corrected chi connectivity index (χ3v) is 6.29. The van der Waals surface area contributed by atoms with Crippen LogP contribution in [-0.2, 0) is 0 Å². The highest BCUT2D eigenvalue weighted by molar-refractivity contribution is 6.00. The second kappa shape index (κ2) is 5.79. The highest BCUT2D eigenvalue weighted by Gasteiger charge is 2.53. The second-order valence-corrected chi connectivity index (χ2v) is 7.55. The van der Waals surface area contributed by atoms with E-state index in [9.17, 15) is 10.1 Å². The maximum absolute atomic E-state index is 11.4. The summed E-state index contributed by atoms with van der Waals surface area (Å²) in [7, 11) is 0. The van der Waals surface area contributed by atoms with E-state index in [0.29, 0.717) is 18.1 Å². The molecule has 134 valence electrons. The number of nitro benzene ring substituents is 1. The van der Waals surface area contributed by atoms with Gasteiger partial charge in [-0.2, -0.15) is 0 Å². The molecular weight excluding hydrogens is 328 g/mol. The van der Waals surface area contributed by atoms with Crippen LogP contribution in [0.2, 0.25) is 0 Å². The van der Waals surface area contributed by atoms with E-state index in [0.717, 1.165) is 42.8 Å². The molecule has 0 radical (unpaired) electrons. The normalized spacial score (nSPS) is 28.0. The van der Waals surface area contributed by atoms with E-state index in [2.05, 4.69) is 21.3 Å². The van der Waals surface area contributed by atoms with Crippen LogP contribution in [0, 0.1) is 10.1 Å². The number of hydrogen-bond donors (Lipinski definition) is 0. The van der Waals surface area contributed by atoms with Gasteiger partial charge in [0, 0.05) is 54.9 Å². The summed E-state index contributed by atoms with van der Waals surface area (Å²) in [6.45, 7) is 7.88. The number of anilines is 1. The molecular formula is C20H22N4O2.